The molecule has 1 saturated carbocycles. The minimum Gasteiger partial charge on any atom is -0.371 e. The second kappa shape index (κ2) is 7.36. The molecular weight excluding hydrogens is 256 g/mol. The van der Waals surface area contributed by atoms with E-state index in [0.29, 0.717) is 12.5 Å². The zero-order chi connectivity index (χ0) is 13.7. The first-order chi connectivity index (χ1) is 9.30. The van der Waals surface area contributed by atoms with E-state index >= 15 is 0 Å². The first-order valence-electron chi connectivity index (χ1n) is 7.60. The van der Waals surface area contributed by atoms with E-state index < -0.39 is 0 Å². The van der Waals surface area contributed by atoms with Crippen molar-refractivity contribution in [2.45, 2.75) is 65.0 Å². The van der Waals surface area contributed by atoms with Crippen molar-refractivity contribution in [3.63, 3.8) is 0 Å². The van der Waals surface area contributed by atoms with Crippen LogP contribution in [0.3, 0.4) is 0 Å². The molecule has 0 aromatic carbocycles. The molecule has 1 heterocycles. The van der Waals surface area contributed by atoms with E-state index in [0.717, 1.165) is 18.0 Å². The van der Waals surface area contributed by atoms with Crippen molar-refractivity contribution in [2.75, 3.05) is 6.61 Å². The van der Waals surface area contributed by atoms with Crippen LogP contribution in [0.4, 0.5) is 0 Å². The predicted octanol–water partition coefficient (Wildman–Crippen LogP) is 3.82. The van der Waals surface area contributed by atoms with Gasteiger partial charge >= 0.3 is 0 Å². The van der Waals surface area contributed by atoms with Gasteiger partial charge in [-0.2, -0.15) is 0 Å². The Labute approximate surface area is 120 Å². The molecule has 0 amide bonds. The summed E-state index contributed by atoms with van der Waals surface area (Å²) in [6.45, 7) is 5.59. The van der Waals surface area contributed by atoms with Crippen molar-refractivity contribution in [1.82, 2.24) is 4.98 Å². The van der Waals surface area contributed by atoms with Crippen molar-refractivity contribution in [3.8, 4) is 0 Å². The van der Waals surface area contributed by atoms with Gasteiger partial charge in [-0.25, -0.2) is 4.98 Å². The molecule has 1 aromatic heterocycles. The maximum atomic E-state index is 6.03. The molecule has 0 bridgehead atoms. The molecule has 0 radical (unpaired) electrons. The highest BCUT2D eigenvalue weighted by Gasteiger charge is 2.28. The van der Waals surface area contributed by atoms with Crippen LogP contribution >= 0.6 is 11.3 Å². The van der Waals surface area contributed by atoms with Crippen molar-refractivity contribution in [1.29, 1.82) is 0 Å². The van der Waals surface area contributed by atoms with E-state index in [9.17, 15) is 0 Å². The number of rotatable bonds is 6. The zero-order valence-electron chi connectivity index (χ0n) is 12.2. The smallest absolute Gasteiger partial charge is 0.122 e. The molecule has 4 heteroatoms. The normalized spacial score (nSPS) is 18.7. The van der Waals surface area contributed by atoms with Crippen LogP contribution in [-0.2, 0) is 17.7 Å². The van der Waals surface area contributed by atoms with Gasteiger partial charge in [-0.05, 0) is 32.1 Å². The topological polar surface area (TPSA) is 48.1 Å². The highest BCUT2D eigenvalue weighted by atomic mass is 32.1. The number of hydrogen-bond donors (Lipinski definition) is 1. The van der Waals surface area contributed by atoms with Gasteiger partial charge in [0.1, 0.15) is 11.1 Å². The van der Waals surface area contributed by atoms with E-state index in [2.05, 4.69) is 13.8 Å². The summed E-state index contributed by atoms with van der Waals surface area (Å²) in [5.41, 5.74) is 6.99. The molecule has 2 rings (SSSR count). The number of nitrogens with two attached hydrogens (primary N) is 1. The van der Waals surface area contributed by atoms with Crippen LogP contribution in [0.2, 0.25) is 0 Å². The van der Waals surface area contributed by atoms with Crippen molar-refractivity contribution in [2.24, 2.45) is 11.7 Å². The monoisotopic (exact) mass is 282 g/mol. The Balaban J connectivity index is 2.19. The van der Waals surface area contributed by atoms with Gasteiger partial charge in [0.15, 0.2) is 0 Å². The summed E-state index contributed by atoms with van der Waals surface area (Å²) in [6.07, 6.45) is 7.77. The molecular formula is C15H26N2OS. The van der Waals surface area contributed by atoms with Crippen LogP contribution in [0.25, 0.3) is 0 Å². The zero-order valence-corrected chi connectivity index (χ0v) is 13.0. The third-order valence-electron chi connectivity index (χ3n) is 3.98. The average molecular weight is 282 g/mol. The fourth-order valence-corrected chi connectivity index (χ4v) is 4.16. The van der Waals surface area contributed by atoms with Crippen LogP contribution in [0, 0.1) is 5.92 Å². The second-order valence-electron chi connectivity index (χ2n) is 5.25. The van der Waals surface area contributed by atoms with Crippen LogP contribution in [-0.4, -0.2) is 11.6 Å². The summed E-state index contributed by atoms with van der Waals surface area (Å²) >= 11 is 1.76. The minimum atomic E-state index is 0.195. The van der Waals surface area contributed by atoms with Gasteiger partial charge in [-0.15, -0.1) is 11.3 Å². The lowest BCUT2D eigenvalue weighted by molar-refractivity contribution is 0.00543. The predicted molar refractivity (Wildman–Crippen MR) is 80.3 cm³/mol. The van der Waals surface area contributed by atoms with Gasteiger partial charge in [-0.1, -0.05) is 26.2 Å². The first kappa shape index (κ1) is 14.9. The molecule has 1 aromatic rings. The van der Waals surface area contributed by atoms with Crippen LogP contribution in [0.5, 0.6) is 0 Å². The molecule has 1 aliphatic carbocycles. The Morgan fingerprint density at radius 2 is 2.05 bits per heavy atom. The Bertz CT molecular complexity index is 364. The first-order valence-corrected chi connectivity index (χ1v) is 8.41. The molecule has 1 fully saturated rings. The molecule has 1 aliphatic rings. The van der Waals surface area contributed by atoms with E-state index in [1.54, 1.807) is 11.3 Å². The average Bonchev–Trinajstić information content (AvgIpc) is 2.88. The number of ether oxygens (including phenoxy) is 1. The fraction of sp³-hybridized carbons (Fsp3) is 0.800. The highest BCUT2D eigenvalue weighted by molar-refractivity contribution is 7.11. The van der Waals surface area contributed by atoms with Gasteiger partial charge in [0.05, 0.1) is 5.69 Å². The van der Waals surface area contributed by atoms with Crippen LogP contribution < -0.4 is 5.73 Å². The number of aryl methyl sites for hydroxylation is 1. The van der Waals surface area contributed by atoms with Gasteiger partial charge < -0.3 is 10.5 Å². The largest absolute Gasteiger partial charge is 0.371 e. The third-order valence-corrected chi connectivity index (χ3v) is 5.16. The number of thiazole rings is 1. The Morgan fingerprint density at radius 3 is 2.58 bits per heavy atom. The highest BCUT2D eigenvalue weighted by Crippen LogP contribution is 2.39. The standard InChI is InChI=1S/C15H26N2OS/c1-3-12-13(10-16)19-15(17-12)14(18-4-2)11-8-6-5-7-9-11/h11,14H,3-10,16H2,1-2H3. The van der Waals surface area contributed by atoms with E-state index in [1.807, 2.05) is 0 Å². The Kier molecular flexibility index (Phi) is 5.79. The summed E-state index contributed by atoms with van der Waals surface area (Å²) in [5.74, 6) is 0.648. The second-order valence-corrected chi connectivity index (χ2v) is 6.37. The summed E-state index contributed by atoms with van der Waals surface area (Å²) in [4.78, 5) is 6.04. The fourth-order valence-electron chi connectivity index (χ4n) is 2.99. The summed E-state index contributed by atoms with van der Waals surface area (Å²) in [7, 11) is 0. The molecule has 1 atom stereocenters. The molecule has 0 spiro atoms. The summed E-state index contributed by atoms with van der Waals surface area (Å²) < 4.78 is 6.03. The van der Waals surface area contributed by atoms with Gasteiger partial charge in [0.25, 0.3) is 0 Å². The quantitative estimate of drug-likeness (QED) is 0.862. The van der Waals surface area contributed by atoms with E-state index in [4.69, 9.17) is 15.5 Å². The van der Waals surface area contributed by atoms with Crippen LogP contribution in [0.1, 0.15) is 67.6 Å². The Morgan fingerprint density at radius 1 is 1.32 bits per heavy atom. The number of hydrogen-bond acceptors (Lipinski definition) is 4. The molecule has 0 saturated heterocycles. The molecule has 1 unspecified atom stereocenters. The van der Waals surface area contributed by atoms with Gasteiger partial charge in [0, 0.05) is 18.0 Å². The lowest BCUT2D eigenvalue weighted by Crippen LogP contribution is -2.19. The lowest BCUT2D eigenvalue weighted by Gasteiger charge is -2.28. The molecule has 108 valence electrons. The van der Waals surface area contributed by atoms with Gasteiger partial charge in [-0.3, -0.25) is 0 Å². The Hall–Kier alpha value is -0.450. The van der Waals surface area contributed by atoms with E-state index in [-0.39, 0.29) is 6.10 Å². The maximum Gasteiger partial charge on any atom is 0.122 e. The maximum absolute atomic E-state index is 6.03. The third kappa shape index (κ3) is 3.56. The number of aromatic nitrogens is 1. The van der Waals surface area contributed by atoms with Crippen molar-refractivity contribution < 1.29 is 4.74 Å². The molecule has 3 nitrogen and oxygen atoms in total. The van der Waals surface area contributed by atoms with Crippen molar-refractivity contribution in [3.05, 3.63) is 15.6 Å². The minimum absolute atomic E-state index is 0.195. The molecule has 0 aliphatic heterocycles. The molecule has 2 N–H and O–H groups in total. The van der Waals surface area contributed by atoms with Gasteiger partial charge in [0.2, 0.25) is 0 Å². The number of nitrogens with zero attached hydrogens (tertiary/aromatic N) is 1. The molecule has 19 heavy (non-hydrogen) atoms. The summed E-state index contributed by atoms with van der Waals surface area (Å²) in [5, 5.41) is 1.16. The summed E-state index contributed by atoms with van der Waals surface area (Å²) in [6, 6.07) is 0. The van der Waals surface area contributed by atoms with Crippen molar-refractivity contribution >= 4 is 11.3 Å². The SMILES string of the molecule is CCOC(c1nc(CC)c(CN)s1)C1CCCCC1. The van der Waals surface area contributed by atoms with Crippen LogP contribution in [0.15, 0.2) is 0 Å². The van der Waals surface area contributed by atoms with E-state index in [1.165, 1.54) is 42.7 Å². The lowest BCUT2D eigenvalue weighted by atomic mass is 9.85.